The third-order valence-electron chi connectivity index (χ3n) is 2.13. The van der Waals surface area contributed by atoms with Gasteiger partial charge in [0.1, 0.15) is 11.5 Å². The maximum absolute atomic E-state index is 11.7. The van der Waals surface area contributed by atoms with E-state index in [1.165, 1.54) is 25.3 Å². The first-order valence-corrected chi connectivity index (χ1v) is 6.97. The van der Waals surface area contributed by atoms with Gasteiger partial charge in [-0.15, -0.1) is 0 Å². The molecule has 0 fully saturated rings. The van der Waals surface area contributed by atoms with Crippen molar-refractivity contribution in [2.45, 2.75) is 13.8 Å². The predicted octanol–water partition coefficient (Wildman–Crippen LogP) is 1.30. The molecule has 102 valence electrons. The van der Waals surface area contributed by atoms with Crippen molar-refractivity contribution in [3.05, 3.63) is 18.2 Å². The lowest BCUT2D eigenvalue weighted by molar-refractivity contribution is 0.413. The van der Waals surface area contributed by atoms with Gasteiger partial charge in [0.05, 0.1) is 12.8 Å². The van der Waals surface area contributed by atoms with Crippen LogP contribution in [0.5, 0.6) is 11.5 Å². The Kier molecular flexibility index (Phi) is 4.80. The van der Waals surface area contributed by atoms with Gasteiger partial charge in [0, 0.05) is 12.6 Å². The van der Waals surface area contributed by atoms with E-state index in [0.29, 0.717) is 12.3 Å². The Morgan fingerprint density at radius 1 is 1.39 bits per heavy atom. The number of nitrogens with one attached hydrogen (secondary N) is 2. The van der Waals surface area contributed by atoms with E-state index in [2.05, 4.69) is 9.44 Å². The summed E-state index contributed by atoms with van der Waals surface area (Å²) in [7, 11) is -2.23. The molecular weight excluding hydrogens is 256 g/mol. The number of phenolic OH excluding ortho intramolecular Hbond substituents is 1. The highest BCUT2D eigenvalue weighted by atomic mass is 32.2. The summed E-state index contributed by atoms with van der Waals surface area (Å²) in [4.78, 5) is 0. The average molecular weight is 274 g/mol. The van der Waals surface area contributed by atoms with Gasteiger partial charge in [0.25, 0.3) is 10.2 Å². The van der Waals surface area contributed by atoms with Gasteiger partial charge in [-0.2, -0.15) is 13.1 Å². The average Bonchev–Trinajstić information content (AvgIpc) is 2.29. The number of anilines is 1. The van der Waals surface area contributed by atoms with Gasteiger partial charge in [-0.05, 0) is 18.1 Å². The molecule has 0 aromatic heterocycles. The van der Waals surface area contributed by atoms with Crippen molar-refractivity contribution in [1.82, 2.24) is 4.72 Å². The lowest BCUT2D eigenvalue weighted by atomic mass is 10.2. The van der Waals surface area contributed by atoms with Crippen molar-refractivity contribution in [3.8, 4) is 11.5 Å². The second kappa shape index (κ2) is 5.92. The minimum absolute atomic E-state index is 0.0746. The fraction of sp³-hybridized carbons (Fsp3) is 0.455. The molecule has 0 aliphatic rings. The van der Waals surface area contributed by atoms with Crippen molar-refractivity contribution in [1.29, 1.82) is 0 Å². The Labute approximate surface area is 107 Å². The number of ether oxygens (including phenoxy) is 1. The molecule has 0 radical (unpaired) electrons. The van der Waals surface area contributed by atoms with Crippen molar-refractivity contribution >= 4 is 15.9 Å². The summed E-state index contributed by atoms with van der Waals surface area (Å²) in [5.74, 6) is 0.487. The Morgan fingerprint density at radius 3 is 2.61 bits per heavy atom. The molecule has 7 heteroatoms. The number of rotatable bonds is 6. The molecular formula is C11H18N2O4S. The monoisotopic (exact) mass is 274 g/mol. The zero-order chi connectivity index (χ0) is 13.8. The van der Waals surface area contributed by atoms with Gasteiger partial charge in [-0.25, -0.2) is 0 Å². The fourth-order valence-electron chi connectivity index (χ4n) is 1.18. The van der Waals surface area contributed by atoms with E-state index >= 15 is 0 Å². The molecule has 1 aromatic rings. The maximum atomic E-state index is 11.7. The zero-order valence-corrected chi connectivity index (χ0v) is 11.4. The van der Waals surface area contributed by atoms with E-state index in [4.69, 9.17) is 4.74 Å². The minimum atomic E-state index is -3.69. The lowest BCUT2D eigenvalue weighted by Crippen LogP contribution is -2.32. The van der Waals surface area contributed by atoms with Crippen LogP contribution < -0.4 is 14.2 Å². The van der Waals surface area contributed by atoms with Crippen LogP contribution in [-0.4, -0.2) is 27.2 Å². The van der Waals surface area contributed by atoms with Crippen LogP contribution in [0.3, 0.4) is 0 Å². The molecule has 1 rings (SSSR count). The third-order valence-corrected chi connectivity index (χ3v) is 3.16. The first-order chi connectivity index (χ1) is 8.34. The summed E-state index contributed by atoms with van der Waals surface area (Å²) in [6.45, 7) is 4.11. The van der Waals surface area contributed by atoms with Gasteiger partial charge in [-0.1, -0.05) is 13.8 Å². The normalized spacial score (nSPS) is 11.6. The van der Waals surface area contributed by atoms with E-state index in [0.717, 1.165) is 0 Å². The highest BCUT2D eigenvalue weighted by molar-refractivity contribution is 7.90. The van der Waals surface area contributed by atoms with Crippen LogP contribution in [0.25, 0.3) is 0 Å². The van der Waals surface area contributed by atoms with Crippen molar-refractivity contribution in [3.63, 3.8) is 0 Å². The molecule has 0 saturated heterocycles. The van der Waals surface area contributed by atoms with E-state index in [1.807, 2.05) is 13.8 Å². The van der Waals surface area contributed by atoms with Gasteiger partial charge in [-0.3, -0.25) is 4.72 Å². The molecule has 3 N–H and O–H groups in total. The Hall–Kier alpha value is -1.47. The van der Waals surface area contributed by atoms with Crippen LogP contribution in [0, 0.1) is 5.92 Å². The second-order valence-electron chi connectivity index (χ2n) is 4.23. The molecule has 0 unspecified atom stereocenters. The fourth-order valence-corrected chi connectivity index (χ4v) is 2.26. The topological polar surface area (TPSA) is 87.7 Å². The van der Waals surface area contributed by atoms with Gasteiger partial charge in [0.2, 0.25) is 0 Å². The molecule has 0 amide bonds. The third kappa shape index (κ3) is 4.42. The predicted molar refractivity (Wildman–Crippen MR) is 70.0 cm³/mol. The lowest BCUT2D eigenvalue weighted by Gasteiger charge is -2.12. The molecule has 0 aliphatic carbocycles. The van der Waals surface area contributed by atoms with Gasteiger partial charge < -0.3 is 9.84 Å². The van der Waals surface area contributed by atoms with E-state index < -0.39 is 10.2 Å². The molecule has 0 spiro atoms. The number of hydrogen-bond donors (Lipinski definition) is 3. The molecule has 0 aliphatic heterocycles. The van der Waals surface area contributed by atoms with Crippen molar-refractivity contribution in [2.24, 2.45) is 5.92 Å². The summed E-state index contributed by atoms with van der Waals surface area (Å²) in [5, 5.41) is 9.56. The van der Waals surface area contributed by atoms with Crippen LogP contribution in [-0.2, 0) is 10.2 Å². The van der Waals surface area contributed by atoms with Crippen LogP contribution in [0.2, 0.25) is 0 Å². The quantitative estimate of drug-likeness (QED) is 0.682. The smallest absolute Gasteiger partial charge is 0.299 e. The van der Waals surface area contributed by atoms with Crippen LogP contribution in [0.15, 0.2) is 18.2 Å². The van der Waals surface area contributed by atoms with Crippen LogP contribution in [0.4, 0.5) is 5.69 Å². The number of hydrogen-bond acceptors (Lipinski definition) is 4. The zero-order valence-electron chi connectivity index (χ0n) is 10.6. The molecule has 0 bridgehead atoms. The largest absolute Gasteiger partial charge is 0.506 e. The number of aromatic hydroxyl groups is 1. The first kappa shape index (κ1) is 14.6. The molecule has 1 aromatic carbocycles. The van der Waals surface area contributed by atoms with Crippen molar-refractivity contribution < 1.29 is 18.3 Å². The molecule has 18 heavy (non-hydrogen) atoms. The number of phenols is 1. The highest BCUT2D eigenvalue weighted by Gasteiger charge is 2.13. The van der Waals surface area contributed by atoms with Crippen molar-refractivity contribution in [2.75, 3.05) is 18.4 Å². The number of benzene rings is 1. The highest BCUT2D eigenvalue weighted by Crippen LogP contribution is 2.28. The van der Waals surface area contributed by atoms with E-state index in [1.54, 1.807) is 0 Å². The first-order valence-electron chi connectivity index (χ1n) is 5.48. The summed E-state index contributed by atoms with van der Waals surface area (Å²) in [5.41, 5.74) is 0.0746. The SMILES string of the molecule is COc1ccc(O)c(NS(=O)(=O)NCC(C)C)c1. The van der Waals surface area contributed by atoms with Crippen LogP contribution >= 0.6 is 0 Å². The van der Waals surface area contributed by atoms with E-state index in [-0.39, 0.29) is 17.4 Å². The molecule has 6 nitrogen and oxygen atoms in total. The Bertz CT molecular complexity index is 500. The molecule has 0 saturated carbocycles. The Morgan fingerprint density at radius 2 is 2.06 bits per heavy atom. The summed E-state index contributed by atoms with van der Waals surface area (Å²) in [6.07, 6.45) is 0. The van der Waals surface area contributed by atoms with Gasteiger partial charge in [0.15, 0.2) is 0 Å². The maximum Gasteiger partial charge on any atom is 0.299 e. The summed E-state index contributed by atoms with van der Waals surface area (Å²) >= 11 is 0. The molecule has 0 atom stereocenters. The standard InChI is InChI=1S/C11H18N2O4S/c1-8(2)7-12-18(15,16)13-10-6-9(17-3)4-5-11(10)14/h4-6,8,12-14H,7H2,1-3H3. The summed E-state index contributed by atoms with van der Waals surface area (Å²) < 4.78 is 32.9. The second-order valence-corrected chi connectivity index (χ2v) is 5.73. The minimum Gasteiger partial charge on any atom is -0.506 e. The van der Waals surface area contributed by atoms with Gasteiger partial charge >= 0.3 is 0 Å². The summed E-state index contributed by atoms with van der Waals surface area (Å²) in [6, 6.07) is 4.30. The van der Waals surface area contributed by atoms with Crippen LogP contribution in [0.1, 0.15) is 13.8 Å². The molecule has 0 heterocycles. The number of methoxy groups -OCH3 is 1. The van der Waals surface area contributed by atoms with E-state index in [9.17, 15) is 13.5 Å². The Balaban J connectivity index is 2.83.